The van der Waals surface area contributed by atoms with Gasteiger partial charge >= 0.3 is 5.97 Å². The molecule has 1 amide bonds. The Morgan fingerprint density at radius 1 is 1.17 bits per heavy atom. The third-order valence-electron chi connectivity index (χ3n) is 6.54. The molecule has 2 N–H and O–H groups in total. The molecule has 3 fully saturated rings. The Hall–Kier alpha value is -1.34. The molecule has 3 aliphatic heterocycles. The van der Waals surface area contributed by atoms with Crippen LogP contribution in [0.4, 0.5) is 0 Å². The van der Waals surface area contributed by atoms with E-state index in [-0.39, 0.29) is 30.7 Å². The molecule has 0 radical (unpaired) electrons. The van der Waals surface area contributed by atoms with Crippen molar-refractivity contribution in [3.8, 4) is 0 Å². The fourth-order valence-electron chi connectivity index (χ4n) is 5.25. The first-order chi connectivity index (χ1) is 13.2. The summed E-state index contributed by atoms with van der Waals surface area (Å²) >= 11 is 0. The van der Waals surface area contributed by atoms with Gasteiger partial charge in [0, 0.05) is 24.2 Å². The molecule has 8 heteroatoms. The van der Waals surface area contributed by atoms with Crippen LogP contribution in [-0.4, -0.2) is 62.1 Å². The van der Waals surface area contributed by atoms with E-state index in [1.807, 2.05) is 0 Å². The number of benzene rings is 1. The van der Waals surface area contributed by atoms with E-state index in [0.29, 0.717) is 35.7 Å². The Morgan fingerprint density at radius 3 is 2.72 bits per heavy atom. The standard InChI is InChI=1S/C21H29N3O3.2ClH/c1-27-21(26)15-6-4-5-14(9-15)20(25)23-13-19-17-10-16(11-22-12-17)18-7-2-3-8-24(18)19;;/h4-6,9,16-19,22H,2-3,7-8,10-13H2,1H3,(H,23,25);2*1H/t16-,17+,18+,19+;;/m1../s1. The van der Waals surface area contributed by atoms with Gasteiger partial charge in [-0.05, 0) is 68.9 Å². The minimum Gasteiger partial charge on any atom is -0.465 e. The molecule has 2 bridgehead atoms. The topological polar surface area (TPSA) is 70.7 Å². The Bertz CT molecular complexity index is 718. The van der Waals surface area contributed by atoms with E-state index in [9.17, 15) is 9.59 Å². The molecule has 4 atom stereocenters. The molecular formula is C21H31Cl2N3O3. The number of carbonyl (C=O) groups excluding carboxylic acids is 2. The first kappa shape index (κ1) is 23.9. The van der Waals surface area contributed by atoms with Crippen LogP contribution in [0.5, 0.6) is 0 Å². The van der Waals surface area contributed by atoms with Crippen molar-refractivity contribution in [2.24, 2.45) is 11.8 Å². The van der Waals surface area contributed by atoms with Crippen molar-refractivity contribution >= 4 is 36.7 Å². The van der Waals surface area contributed by atoms with Crippen LogP contribution >= 0.6 is 24.8 Å². The highest BCUT2D eigenvalue weighted by Crippen LogP contribution is 2.38. The largest absolute Gasteiger partial charge is 0.465 e. The van der Waals surface area contributed by atoms with E-state index in [0.717, 1.165) is 25.6 Å². The average molecular weight is 444 g/mol. The molecule has 29 heavy (non-hydrogen) atoms. The van der Waals surface area contributed by atoms with E-state index >= 15 is 0 Å². The number of hydrogen-bond acceptors (Lipinski definition) is 5. The van der Waals surface area contributed by atoms with Gasteiger partial charge in [-0.3, -0.25) is 9.69 Å². The number of halogens is 2. The molecule has 4 rings (SSSR count). The van der Waals surface area contributed by atoms with Crippen LogP contribution in [0.2, 0.25) is 0 Å². The molecule has 0 unspecified atom stereocenters. The third kappa shape index (κ3) is 5.05. The van der Waals surface area contributed by atoms with Crippen molar-refractivity contribution in [3.63, 3.8) is 0 Å². The molecule has 6 nitrogen and oxygen atoms in total. The van der Waals surface area contributed by atoms with Crippen molar-refractivity contribution in [1.29, 1.82) is 0 Å². The summed E-state index contributed by atoms with van der Waals surface area (Å²) in [6.45, 7) is 3.99. The summed E-state index contributed by atoms with van der Waals surface area (Å²) in [6.07, 6.45) is 5.13. The van der Waals surface area contributed by atoms with Crippen LogP contribution in [-0.2, 0) is 4.74 Å². The molecule has 162 valence electrons. The predicted octanol–water partition coefficient (Wildman–Crippen LogP) is 2.51. The fraction of sp³-hybridized carbons (Fsp3) is 0.619. The van der Waals surface area contributed by atoms with Crippen molar-refractivity contribution in [3.05, 3.63) is 35.4 Å². The fourth-order valence-corrected chi connectivity index (χ4v) is 5.25. The van der Waals surface area contributed by atoms with E-state index in [2.05, 4.69) is 15.5 Å². The smallest absolute Gasteiger partial charge is 0.337 e. The number of piperidine rings is 3. The maximum Gasteiger partial charge on any atom is 0.337 e. The van der Waals surface area contributed by atoms with Crippen LogP contribution < -0.4 is 10.6 Å². The van der Waals surface area contributed by atoms with Crippen molar-refractivity contribution in [2.45, 2.75) is 37.8 Å². The van der Waals surface area contributed by atoms with Gasteiger partial charge in [-0.15, -0.1) is 24.8 Å². The zero-order valence-corrected chi connectivity index (χ0v) is 18.4. The summed E-state index contributed by atoms with van der Waals surface area (Å²) in [5.74, 6) is 0.806. The highest BCUT2D eigenvalue weighted by Gasteiger charge is 2.45. The second-order valence-corrected chi connectivity index (χ2v) is 8.06. The van der Waals surface area contributed by atoms with Crippen LogP contribution in [0, 0.1) is 11.8 Å². The molecular weight excluding hydrogens is 413 g/mol. The molecule has 0 spiro atoms. The molecule has 3 heterocycles. The van der Waals surface area contributed by atoms with Gasteiger partial charge in [0.1, 0.15) is 0 Å². The van der Waals surface area contributed by atoms with Gasteiger partial charge < -0.3 is 15.4 Å². The minimum atomic E-state index is -0.424. The second kappa shape index (κ2) is 10.6. The van der Waals surface area contributed by atoms with Gasteiger partial charge in [-0.25, -0.2) is 4.79 Å². The highest BCUT2D eigenvalue weighted by molar-refractivity contribution is 5.97. The molecule has 0 aliphatic carbocycles. The van der Waals surface area contributed by atoms with E-state index in [1.165, 1.54) is 32.8 Å². The zero-order chi connectivity index (χ0) is 18.8. The minimum absolute atomic E-state index is 0. The summed E-state index contributed by atoms with van der Waals surface area (Å²) in [5.41, 5.74) is 0.904. The summed E-state index contributed by atoms with van der Waals surface area (Å²) in [7, 11) is 1.35. The van der Waals surface area contributed by atoms with Gasteiger partial charge in [0.15, 0.2) is 0 Å². The number of carbonyl (C=O) groups is 2. The SMILES string of the molecule is COC(=O)c1cccc(C(=O)NC[C@H]2[C@@H]3CNC[C@@H](C3)[C@@H]3CCCCN32)c1.Cl.Cl. The number of nitrogens with one attached hydrogen (secondary N) is 2. The van der Waals surface area contributed by atoms with Gasteiger partial charge in [-0.2, -0.15) is 0 Å². The van der Waals surface area contributed by atoms with Crippen molar-refractivity contribution in [2.75, 3.05) is 33.3 Å². The summed E-state index contributed by atoms with van der Waals surface area (Å²) in [4.78, 5) is 27.1. The number of nitrogens with zero attached hydrogens (tertiary/aromatic N) is 1. The molecule has 1 aromatic carbocycles. The van der Waals surface area contributed by atoms with Gasteiger partial charge in [0.05, 0.1) is 12.7 Å². The second-order valence-electron chi connectivity index (χ2n) is 8.06. The highest BCUT2D eigenvalue weighted by atomic mass is 35.5. The first-order valence-electron chi connectivity index (χ1n) is 10.1. The number of amides is 1. The number of methoxy groups -OCH3 is 1. The quantitative estimate of drug-likeness (QED) is 0.699. The van der Waals surface area contributed by atoms with E-state index in [1.54, 1.807) is 24.3 Å². The number of esters is 1. The molecule has 0 saturated carbocycles. The summed E-state index contributed by atoms with van der Waals surface area (Å²) < 4.78 is 4.75. The molecule has 1 aromatic rings. The van der Waals surface area contributed by atoms with E-state index < -0.39 is 5.97 Å². The Kier molecular flexibility index (Phi) is 8.76. The van der Waals surface area contributed by atoms with Crippen molar-refractivity contribution in [1.82, 2.24) is 15.5 Å². The van der Waals surface area contributed by atoms with Crippen LogP contribution in [0.3, 0.4) is 0 Å². The number of ether oxygens (including phenoxy) is 1. The number of fused-ring (bicyclic) bond motifs is 4. The maximum absolute atomic E-state index is 12.7. The number of hydrogen-bond donors (Lipinski definition) is 2. The summed E-state index contributed by atoms with van der Waals surface area (Å²) in [6, 6.07) is 7.78. The first-order valence-corrected chi connectivity index (χ1v) is 10.1. The maximum atomic E-state index is 12.7. The number of rotatable bonds is 4. The Balaban J connectivity index is 0.00000150. The van der Waals surface area contributed by atoms with Gasteiger partial charge in [0.2, 0.25) is 0 Å². The van der Waals surface area contributed by atoms with E-state index in [4.69, 9.17) is 4.74 Å². The van der Waals surface area contributed by atoms with Gasteiger partial charge in [0.25, 0.3) is 5.91 Å². The Morgan fingerprint density at radius 2 is 1.93 bits per heavy atom. The van der Waals surface area contributed by atoms with Crippen LogP contribution in [0.1, 0.15) is 46.4 Å². The monoisotopic (exact) mass is 443 g/mol. The molecule has 3 aliphatic rings. The predicted molar refractivity (Wildman–Crippen MR) is 117 cm³/mol. The van der Waals surface area contributed by atoms with Gasteiger partial charge in [-0.1, -0.05) is 12.5 Å². The summed E-state index contributed by atoms with van der Waals surface area (Å²) in [5, 5.41) is 6.73. The lowest BCUT2D eigenvalue weighted by Gasteiger charge is -2.55. The lowest BCUT2D eigenvalue weighted by atomic mass is 9.73. The molecule has 0 aromatic heterocycles. The lowest BCUT2D eigenvalue weighted by molar-refractivity contribution is -0.0371. The lowest BCUT2D eigenvalue weighted by Crippen LogP contribution is -2.65. The average Bonchev–Trinajstić information content (AvgIpc) is 2.73. The van der Waals surface area contributed by atoms with Crippen LogP contribution in [0.25, 0.3) is 0 Å². The van der Waals surface area contributed by atoms with Crippen molar-refractivity contribution < 1.29 is 14.3 Å². The molecule has 3 saturated heterocycles. The normalized spacial score (nSPS) is 28.2. The zero-order valence-electron chi connectivity index (χ0n) is 16.8. The van der Waals surface area contributed by atoms with Crippen LogP contribution in [0.15, 0.2) is 24.3 Å². The Labute approximate surface area is 184 Å². The third-order valence-corrected chi connectivity index (χ3v) is 6.54.